The van der Waals surface area contributed by atoms with Crippen molar-refractivity contribution in [2.45, 2.75) is 45.4 Å². The van der Waals surface area contributed by atoms with Crippen molar-refractivity contribution in [3.05, 3.63) is 47.4 Å². The number of aromatic nitrogens is 2. The maximum Gasteiger partial charge on any atom is 0.323 e. The van der Waals surface area contributed by atoms with Crippen molar-refractivity contribution in [3.63, 3.8) is 0 Å². The number of benzene rings is 1. The Labute approximate surface area is 139 Å². The van der Waals surface area contributed by atoms with Gasteiger partial charge in [0.2, 0.25) is 0 Å². The standard InChI is InChI=1S/C17H20FN3O3/c1-12-19-16(24-20-12)11-23-17(22)15-4-2-3-9-21(15)10-13-5-7-14(18)8-6-13/h5-8,15H,2-4,9-11H2,1H3/t15-/m0/s1. The smallest absolute Gasteiger partial charge is 0.323 e. The number of nitrogens with zero attached hydrogens (tertiary/aromatic N) is 3. The predicted molar refractivity (Wildman–Crippen MR) is 83.3 cm³/mol. The summed E-state index contributed by atoms with van der Waals surface area (Å²) >= 11 is 0. The van der Waals surface area contributed by atoms with Gasteiger partial charge in [-0.05, 0) is 44.0 Å². The Morgan fingerprint density at radius 1 is 1.38 bits per heavy atom. The van der Waals surface area contributed by atoms with E-state index in [2.05, 4.69) is 15.0 Å². The molecule has 0 amide bonds. The second kappa shape index (κ2) is 7.53. The van der Waals surface area contributed by atoms with Crippen molar-refractivity contribution in [1.29, 1.82) is 0 Å². The average molecular weight is 333 g/mol. The molecule has 7 heteroatoms. The van der Waals surface area contributed by atoms with Crippen LogP contribution in [0.2, 0.25) is 0 Å². The van der Waals surface area contributed by atoms with Gasteiger partial charge in [-0.15, -0.1) is 0 Å². The van der Waals surface area contributed by atoms with Crippen molar-refractivity contribution < 1.29 is 18.4 Å². The quantitative estimate of drug-likeness (QED) is 0.784. The highest BCUT2D eigenvalue weighted by Gasteiger charge is 2.30. The van der Waals surface area contributed by atoms with Crippen LogP contribution in [0, 0.1) is 12.7 Å². The Bertz CT molecular complexity index is 687. The van der Waals surface area contributed by atoms with Crippen molar-refractivity contribution in [3.8, 4) is 0 Å². The molecule has 1 aliphatic heterocycles. The van der Waals surface area contributed by atoms with Crippen molar-refractivity contribution in [1.82, 2.24) is 15.0 Å². The summed E-state index contributed by atoms with van der Waals surface area (Å²) < 4.78 is 23.3. The zero-order valence-electron chi connectivity index (χ0n) is 13.6. The summed E-state index contributed by atoms with van der Waals surface area (Å²) in [5.41, 5.74) is 0.976. The lowest BCUT2D eigenvalue weighted by Crippen LogP contribution is -2.44. The van der Waals surface area contributed by atoms with Crippen LogP contribution in [0.4, 0.5) is 4.39 Å². The largest absolute Gasteiger partial charge is 0.454 e. The summed E-state index contributed by atoms with van der Waals surface area (Å²) in [6.07, 6.45) is 2.77. The molecule has 2 aromatic rings. The van der Waals surface area contributed by atoms with Gasteiger partial charge < -0.3 is 9.26 Å². The van der Waals surface area contributed by atoms with E-state index in [4.69, 9.17) is 9.26 Å². The number of halogens is 1. The van der Waals surface area contributed by atoms with E-state index in [1.54, 1.807) is 19.1 Å². The first-order valence-electron chi connectivity index (χ1n) is 8.06. The van der Waals surface area contributed by atoms with Crippen LogP contribution in [-0.2, 0) is 22.7 Å². The van der Waals surface area contributed by atoms with Crippen LogP contribution in [0.3, 0.4) is 0 Å². The number of hydrogen-bond acceptors (Lipinski definition) is 6. The van der Waals surface area contributed by atoms with Gasteiger partial charge in [0, 0.05) is 6.54 Å². The fourth-order valence-electron chi connectivity index (χ4n) is 2.90. The van der Waals surface area contributed by atoms with Gasteiger partial charge in [0.05, 0.1) is 0 Å². The molecule has 128 valence electrons. The molecule has 0 bridgehead atoms. The molecule has 0 aliphatic carbocycles. The molecule has 2 heterocycles. The number of rotatable bonds is 5. The van der Waals surface area contributed by atoms with Gasteiger partial charge in [0.1, 0.15) is 11.9 Å². The maximum absolute atomic E-state index is 13.0. The van der Waals surface area contributed by atoms with Gasteiger partial charge in [-0.3, -0.25) is 9.69 Å². The summed E-state index contributed by atoms with van der Waals surface area (Å²) in [5, 5.41) is 3.67. The molecule has 1 fully saturated rings. The minimum absolute atomic E-state index is 0.0133. The normalized spacial score (nSPS) is 18.5. The third-order valence-electron chi connectivity index (χ3n) is 4.09. The second-order valence-corrected chi connectivity index (χ2v) is 5.95. The Morgan fingerprint density at radius 2 is 2.17 bits per heavy atom. The van der Waals surface area contributed by atoms with E-state index in [9.17, 15) is 9.18 Å². The van der Waals surface area contributed by atoms with E-state index in [1.165, 1.54) is 12.1 Å². The Hall–Kier alpha value is -2.28. The molecule has 0 unspecified atom stereocenters. The number of hydrogen-bond donors (Lipinski definition) is 0. The maximum atomic E-state index is 13.0. The van der Waals surface area contributed by atoms with Crippen LogP contribution in [0.25, 0.3) is 0 Å². The van der Waals surface area contributed by atoms with E-state index in [0.717, 1.165) is 31.4 Å². The van der Waals surface area contributed by atoms with Gasteiger partial charge in [-0.2, -0.15) is 4.98 Å². The zero-order chi connectivity index (χ0) is 16.9. The van der Waals surface area contributed by atoms with Crippen LogP contribution in [0.1, 0.15) is 36.5 Å². The molecule has 1 aromatic carbocycles. The Kier molecular flexibility index (Phi) is 5.20. The van der Waals surface area contributed by atoms with Gasteiger partial charge in [0.25, 0.3) is 5.89 Å². The summed E-state index contributed by atoms with van der Waals surface area (Å²) in [6, 6.07) is 6.06. The highest BCUT2D eigenvalue weighted by molar-refractivity contribution is 5.75. The Morgan fingerprint density at radius 3 is 2.88 bits per heavy atom. The highest BCUT2D eigenvalue weighted by Crippen LogP contribution is 2.21. The summed E-state index contributed by atoms with van der Waals surface area (Å²) in [7, 11) is 0. The molecule has 0 spiro atoms. The molecule has 1 aromatic heterocycles. The molecule has 0 N–H and O–H groups in total. The number of ether oxygens (including phenoxy) is 1. The molecule has 1 aliphatic rings. The van der Waals surface area contributed by atoms with E-state index < -0.39 is 0 Å². The van der Waals surface area contributed by atoms with Crippen LogP contribution in [0.15, 0.2) is 28.8 Å². The highest BCUT2D eigenvalue weighted by atomic mass is 19.1. The minimum atomic E-state index is -0.298. The molecular formula is C17H20FN3O3. The predicted octanol–water partition coefficient (Wildman–Crippen LogP) is 2.62. The summed E-state index contributed by atoms with van der Waals surface area (Å²) in [4.78, 5) is 18.5. The number of carbonyl (C=O) groups excluding carboxylic acids is 1. The lowest BCUT2D eigenvalue weighted by Gasteiger charge is -2.33. The molecule has 6 nitrogen and oxygen atoms in total. The SMILES string of the molecule is Cc1noc(COC(=O)[C@@H]2CCCCN2Cc2ccc(F)cc2)n1. The number of carbonyl (C=O) groups is 1. The van der Waals surface area contributed by atoms with Crippen molar-refractivity contribution in [2.24, 2.45) is 0 Å². The first kappa shape index (κ1) is 16.6. The van der Waals surface area contributed by atoms with Crippen LogP contribution >= 0.6 is 0 Å². The lowest BCUT2D eigenvalue weighted by molar-refractivity contribution is -0.153. The first-order chi connectivity index (χ1) is 11.6. The van der Waals surface area contributed by atoms with E-state index in [-0.39, 0.29) is 24.4 Å². The number of aryl methyl sites for hydroxylation is 1. The molecule has 1 atom stereocenters. The summed E-state index contributed by atoms with van der Waals surface area (Å²) in [6.45, 7) is 3.11. The minimum Gasteiger partial charge on any atom is -0.454 e. The monoisotopic (exact) mass is 333 g/mol. The molecule has 0 radical (unpaired) electrons. The molecule has 24 heavy (non-hydrogen) atoms. The third-order valence-corrected chi connectivity index (χ3v) is 4.09. The van der Waals surface area contributed by atoms with Crippen molar-refractivity contribution >= 4 is 5.97 Å². The second-order valence-electron chi connectivity index (χ2n) is 5.95. The van der Waals surface area contributed by atoms with Crippen molar-refractivity contribution in [2.75, 3.05) is 6.54 Å². The summed E-state index contributed by atoms with van der Waals surface area (Å²) in [5.74, 6) is 0.259. The zero-order valence-corrected chi connectivity index (χ0v) is 13.6. The van der Waals surface area contributed by atoms with Crippen LogP contribution in [-0.4, -0.2) is 33.6 Å². The lowest BCUT2D eigenvalue weighted by atomic mass is 10.0. The van der Waals surface area contributed by atoms with Crippen LogP contribution in [0.5, 0.6) is 0 Å². The third kappa shape index (κ3) is 4.17. The first-order valence-corrected chi connectivity index (χ1v) is 8.06. The van der Waals surface area contributed by atoms with Crippen LogP contribution < -0.4 is 0 Å². The van der Waals surface area contributed by atoms with E-state index >= 15 is 0 Å². The van der Waals surface area contributed by atoms with E-state index in [1.807, 2.05) is 0 Å². The molecule has 0 saturated carbocycles. The number of likely N-dealkylation sites (tertiary alicyclic amines) is 1. The topological polar surface area (TPSA) is 68.5 Å². The molecule has 1 saturated heterocycles. The van der Waals surface area contributed by atoms with Gasteiger partial charge in [0.15, 0.2) is 12.4 Å². The number of esters is 1. The molecule has 3 rings (SSSR count). The fourth-order valence-corrected chi connectivity index (χ4v) is 2.90. The average Bonchev–Trinajstić information content (AvgIpc) is 3.01. The molecular weight excluding hydrogens is 313 g/mol. The fraction of sp³-hybridized carbons (Fsp3) is 0.471. The van der Waals surface area contributed by atoms with Gasteiger partial charge in [-0.25, -0.2) is 4.39 Å². The van der Waals surface area contributed by atoms with Gasteiger partial charge in [-0.1, -0.05) is 23.7 Å². The van der Waals surface area contributed by atoms with Gasteiger partial charge >= 0.3 is 5.97 Å². The number of piperidine rings is 1. The Balaban J connectivity index is 1.60. The van der Waals surface area contributed by atoms with E-state index in [0.29, 0.717) is 18.3 Å².